The molecule has 0 saturated heterocycles. The minimum absolute atomic E-state index is 0.0673. The van der Waals surface area contributed by atoms with Crippen molar-refractivity contribution in [3.63, 3.8) is 0 Å². The first-order valence-corrected chi connectivity index (χ1v) is 13.1. The Balaban J connectivity index is 1.58. The van der Waals surface area contributed by atoms with Gasteiger partial charge >= 0.3 is 0 Å². The fraction of sp³-hybridized carbons (Fsp3) is 0.222. The molecule has 0 amide bonds. The van der Waals surface area contributed by atoms with Crippen LogP contribution in [0.25, 0.3) is 33.1 Å². The van der Waals surface area contributed by atoms with Crippen LogP contribution in [-0.2, 0) is 16.4 Å². The molecular formula is C27H27N3O3S. The highest BCUT2D eigenvalue weighted by molar-refractivity contribution is 7.91. The quantitative estimate of drug-likeness (QED) is 0.291. The van der Waals surface area contributed by atoms with E-state index in [0.717, 1.165) is 57.3 Å². The Hall–Kier alpha value is -3.58. The SMILES string of the molecule is CCS(=O)(=O)c1cccc(-c2ccc(OCCCn3cccc3)c3[nH]c4ncc(C)cc4c23)c1. The molecule has 0 radical (unpaired) electrons. The molecule has 0 atom stereocenters. The molecule has 1 N–H and O–H groups in total. The van der Waals surface area contributed by atoms with Gasteiger partial charge in [0.05, 0.1) is 22.8 Å². The van der Waals surface area contributed by atoms with Crippen LogP contribution in [0, 0.1) is 6.92 Å². The number of nitrogens with one attached hydrogen (secondary N) is 1. The summed E-state index contributed by atoms with van der Waals surface area (Å²) in [5.41, 5.74) is 4.50. The summed E-state index contributed by atoms with van der Waals surface area (Å²) in [7, 11) is -3.31. The largest absolute Gasteiger partial charge is 0.491 e. The molecule has 5 aromatic rings. The third-order valence-electron chi connectivity index (χ3n) is 6.07. The van der Waals surface area contributed by atoms with E-state index in [1.54, 1.807) is 25.1 Å². The number of hydrogen-bond acceptors (Lipinski definition) is 4. The number of aryl methyl sites for hydroxylation is 2. The summed E-state index contributed by atoms with van der Waals surface area (Å²) in [5, 5.41) is 1.98. The van der Waals surface area contributed by atoms with E-state index >= 15 is 0 Å². The lowest BCUT2D eigenvalue weighted by molar-refractivity contribution is 0.305. The fourth-order valence-electron chi connectivity index (χ4n) is 4.30. The highest BCUT2D eigenvalue weighted by Crippen LogP contribution is 2.39. The van der Waals surface area contributed by atoms with Crippen molar-refractivity contribution in [2.75, 3.05) is 12.4 Å². The molecule has 2 aromatic carbocycles. The summed E-state index contributed by atoms with van der Waals surface area (Å²) in [6.07, 6.45) is 6.81. The van der Waals surface area contributed by atoms with Gasteiger partial charge in [-0.3, -0.25) is 0 Å². The van der Waals surface area contributed by atoms with Gasteiger partial charge in [0.15, 0.2) is 9.84 Å². The Bertz CT molecular complexity index is 1570. The summed E-state index contributed by atoms with van der Waals surface area (Å²) >= 11 is 0. The molecule has 5 rings (SSSR count). The molecular weight excluding hydrogens is 446 g/mol. The van der Waals surface area contributed by atoms with E-state index in [2.05, 4.69) is 20.6 Å². The Morgan fingerprint density at radius 1 is 1.06 bits per heavy atom. The molecule has 6 nitrogen and oxygen atoms in total. The third kappa shape index (κ3) is 4.19. The molecule has 0 aliphatic carbocycles. The molecule has 0 aliphatic rings. The van der Waals surface area contributed by atoms with E-state index in [4.69, 9.17) is 4.74 Å². The minimum atomic E-state index is -3.31. The summed E-state index contributed by atoms with van der Waals surface area (Å²) in [6.45, 7) is 5.15. The van der Waals surface area contributed by atoms with Gasteiger partial charge in [0.1, 0.15) is 11.4 Å². The second-order valence-electron chi connectivity index (χ2n) is 8.45. The molecule has 7 heteroatoms. The minimum Gasteiger partial charge on any atom is -0.491 e. The highest BCUT2D eigenvalue weighted by Gasteiger charge is 2.18. The van der Waals surface area contributed by atoms with Gasteiger partial charge in [-0.1, -0.05) is 19.1 Å². The number of nitrogens with zero attached hydrogens (tertiary/aromatic N) is 2. The second kappa shape index (κ2) is 8.99. The van der Waals surface area contributed by atoms with Crippen LogP contribution in [0.1, 0.15) is 18.9 Å². The lowest BCUT2D eigenvalue weighted by Crippen LogP contribution is -2.04. The zero-order chi connectivity index (χ0) is 23.7. The number of aromatic amines is 1. The van der Waals surface area contributed by atoms with Gasteiger partial charge in [-0.25, -0.2) is 13.4 Å². The zero-order valence-electron chi connectivity index (χ0n) is 19.3. The Labute approximate surface area is 199 Å². The van der Waals surface area contributed by atoms with Crippen LogP contribution in [0.3, 0.4) is 0 Å². The van der Waals surface area contributed by atoms with Crippen molar-refractivity contribution in [2.24, 2.45) is 0 Å². The second-order valence-corrected chi connectivity index (χ2v) is 10.7. The van der Waals surface area contributed by atoms with Crippen molar-refractivity contribution in [3.05, 3.63) is 78.8 Å². The lowest BCUT2D eigenvalue weighted by Gasteiger charge is -2.12. The number of fused-ring (bicyclic) bond motifs is 3. The van der Waals surface area contributed by atoms with E-state index in [1.165, 1.54) is 0 Å². The number of H-pyrrole nitrogens is 1. The van der Waals surface area contributed by atoms with E-state index in [1.807, 2.05) is 55.8 Å². The van der Waals surface area contributed by atoms with E-state index in [0.29, 0.717) is 11.5 Å². The van der Waals surface area contributed by atoms with Gasteiger partial charge in [0, 0.05) is 35.9 Å². The number of ether oxygens (including phenoxy) is 1. The number of rotatable bonds is 8. The molecule has 0 unspecified atom stereocenters. The summed E-state index contributed by atoms with van der Waals surface area (Å²) in [6, 6.07) is 17.3. The summed E-state index contributed by atoms with van der Waals surface area (Å²) in [4.78, 5) is 8.35. The first-order valence-electron chi connectivity index (χ1n) is 11.4. The summed E-state index contributed by atoms with van der Waals surface area (Å²) < 4.78 is 33.3. The van der Waals surface area contributed by atoms with E-state index in [9.17, 15) is 8.42 Å². The normalized spacial score (nSPS) is 11.9. The number of pyridine rings is 1. The molecule has 174 valence electrons. The maximum atomic E-state index is 12.5. The Morgan fingerprint density at radius 3 is 2.68 bits per heavy atom. The van der Waals surface area contributed by atoms with Crippen molar-refractivity contribution < 1.29 is 13.2 Å². The lowest BCUT2D eigenvalue weighted by atomic mass is 9.99. The van der Waals surface area contributed by atoms with Crippen LogP contribution in [0.4, 0.5) is 0 Å². The van der Waals surface area contributed by atoms with Crippen molar-refractivity contribution >= 4 is 31.8 Å². The van der Waals surface area contributed by atoms with Crippen LogP contribution in [-0.4, -0.2) is 35.3 Å². The van der Waals surface area contributed by atoms with Gasteiger partial charge in [0.2, 0.25) is 0 Å². The third-order valence-corrected chi connectivity index (χ3v) is 7.81. The maximum Gasteiger partial charge on any atom is 0.178 e. The van der Waals surface area contributed by atoms with Gasteiger partial charge in [-0.2, -0.15) is 0 Å². The molecule has 0 bridgehead atoms. The van der Waals surface area contributed by atoms with Crippen LogP contribution < -0.4 is 4.74 Å². The monoisotopic (exact) mass is 473 g/mol. The maximum absolute atomic E-state index is 12.5. The number of hydrogen-bond donors (Lipinski definition) is 1. The Kier molecular flexibility index (Phi) is 5.87. The van der Waals surface area contributed by atoms with Gasteiger partial charge in [-0.05, 0) is 72.5 Å². The van der Waals surface area contributed by atoms with Crippen molar-refractivity contribution in [2.45, 2.75) is 31.7 Å². The zero-order valence-corrected chi connectivity index (χ0v) is 20.1. The molecule has 0 aliphatic heterocycles. The fourth-order valence-corrected chi connectivity index (χ4v) is 5.22. The standard InChI is InChI=1S/C27H27N3O3S/c1-3-34(31,32)21-9-6-8-20(17-21)22-10-11-24(33-15-7-14-30-12-4-5-13-30)26-25(22)23-16-19(2)18-28-27(23)29-26/h4-6,8-13,16-18H,3,7,14-15H2,1-2H3,(H,28,29). The van der Waals surface area contributed by atoms with Gasteiger partial charge < -0.3 is 14.3 Å². The average molecular weight is 474 g/mol. The van der Waals surface area contributed by atoms with Crippen LogP contribution in [0.5, 0.6) is 5.75 Å². The van der Waals surface area contributed by atoms with Gasteiger partial charge in [-0.15, -0.1) is 0 Å². The average Bonchev–Trinajstić information content (AvgIpc) is 3.50. The van der Waals surface area contributed by atoms with Gasteiger partial charge in [0.25, 0.3) is 0 Å². The number of sulfone groups is 1. The van der Waals surface area contributed by atoms with Crippen molar-refractivity contribution in [3.8, 4) is 16.9 Å². The predicted molar refractivity (Wildman–Crippen MR) is 136 cm³/mol. The van der Waals surface area contributed by atoms with Crippen LogP contribution in [0.2, 0.25) is 0 Å². The first kappa shape index (κ1) is 22.2. The number of benzene rings is 2. The molecule has 3 aromatic heterocycles. The summed E-state index contributed by atoms with van der Waals surface area (Å²) in [5.74, 6) is 0.831. The van der Waals surface area contributed by atoms with Crippen molar-refractivity contribution in [1.82, 2.24) is 14.5 Å². The first-order chi connectivity index (χ1) is 16.5. The molecule has 3 heterocycles. The van der Waals surface area contributed by atoms with Crippen molar-refractivity contribution in [1.29, 1.82) is 0 Å². The topological polar surface area (TPSA) is 77.0 Å². The van der Waals surface area contributed by atoms with E-state index < -0.39 is 9.84 Å². The van der Waals surface area contributed by atoms with Crippen LogP contribution >= 0.6 is 0 Å². The Morgan fingerprint density at radius 2 is 1.88 bits per heavy atom. The van der Waals surface area contributed by atoms with Crippen LogP contribution in [0.15, 0.2) is 78.1 Å². The highest BCUT2D eigenvalue weighted by atomic mass is 32.2. The number of aromatic nitrogens is 3. The predicted octanol–water partition coefficient (Wildman–Crippen LogP) is 5.76. The molecule has 0 fully saturated rings. The molecule has 34 heavy (non-hydrogen) atoms. The molecule has 0 spiro atoms. The smallest absolute Gasteiger partial charge is 0.178 e. The van der Waals surface area contributed by atoms with E-state index in [-0.39, 0.29) is 5.75 Å². The molecule has 0 saturated carbocycles.